The molecule has 0 aliphatic carbocycles. The second kappa shape index (κ2) is 6.61. The molecule has 2 aromatic carbocycles. The number of rotatable bonds is 4. The van der Waals surface area contributed by atoms with Crippen LogP contribution >= 0.6 is 0 Å². The van der Waals surface area contributed by atoms with Gasteiger partial charge < -0.3 is 19.4 Å². The predicted molar refractivity (Wildman–Crippen MR) is 91.0 cm³/mol. The van der Waals surface area contributed by atoms with Crippen LogP contribution in [0.25, 0.3) is 6.08 Å². The van der Waals surface area contributed by atoms with Gasteiger partial charge in [-0.2, -0.15) is 0 Å². The van der Waals surface area contributed by atoms with Gasteiger partial charge in [-0.05, 0) is 35.4 Å². The maximum Gasteiger partial charge on any atom is 0.312 e. The van der Waals surface area contributed by atoms with Crippen LogP contribution in [0, 0.1) is 6.92 Å². The maximum atomic E-state index is 12.6. The zero-order chi connectivity index (χ0) is 18.1. The number of nitrogens with zero attached hydrogens (tertiary/aromatic N) is 2. The van der Waals surface area contributed by atoms with Crippen LogP contribution in [-0.2, 0) is 9.63 Å². The molecule has 1 N–H and O–H groups in total. The summed E-state index contributed by atoms with van der Waals surface area (Å²) >= 11 is 0. The van der Waals surface area contributed by atoms with Crippen molar-refractivity contribution < 1.29 is 28.9 Å². The number of carbonyl (C=O) groups excluding carboxylic acids is 1. The van der Waals surface area contributed by atoms with E-state index in [1.807, 2.05) is 37.3 Å². The Morgan fingerprint density at radius 2 is 1.96 bits per heavy atom. The molecule has 2 aliphatic heterocycles. The Kier molecular flexibility index (Phi) is 4.14. The molecule has 2 atom stereocenters. The number of fused-ring (bicyclic) bond motifs is 1. The largest absolute Gasteiger partial charge is 0.454 e. The number of benzene rings is 2. The van der Waals surface area contributed by atoms with E-state index in [1.165, 1.54) is 10.8 Å². The van der Waals surface area contributed by atoms with Crippen LogP contribution < -0.4 is 9.47 Å². The molecular formula is C19H17N2O5+. The van der Waals surface area contributed by atoms with Gasteiger partial charge in [0, 0.05) is 12.1 Å². The standard InChI is InChI=1S/C19H17N2O5/c1-12-2-6-14(7-3-12)21-18(19(23)26-20-21)15(22)8-4-13-5-9-16-17(10-13)25-11-24-16/h2-10,18-19,23H,11H2,1H3/q+1/b8-4+. The Bertz CT molecular complexity index is 905. The molecule has 2 heterocycles. The van der Waals surface area contributed by atoms with E-state index in [1.54, 1.807) is 18.2 Å². The molecule has 0 amide bonds. The molecule has 0 spiro atoms. The molecule has 0 saturated heterocycles. The first kappa shape index (κ1) is 16.3. The summed E-state index contributed by atoms with van der Waals surface area (Å²) in [5.41, 5.74) is 2.54. The van der Waals surface area contributed by atoms with Gasteiger partial charge in [-0.1, -0.05) is 29.8 Å². The Morgan fingerprint density at radius 1 is 1.19 bits per heavy atom. The Labute approximate surface area is 149 Å². The van der Waals surface area contributed by atoms with Gasteiger partial charge in [0.25, 0.3) is 0 Å². The lowest BCUT2D eigenvalue weighted by Crippen LogP contribution is -2.36. The van der Waals surface area contributed by atoms with Gasteiger partial charge >= 0.3 is 12.3 Å². The molecule has 26 heavy (non-hydrogen) atoms. The van der Waals surface area contributed by atoms with Crippen molar-refractivity contribution in [3.8, 4) is 11.5 Å². The van der Waals surface area contributed by atoms with Crippen LogP contribution in [0.1, 0.15) is 11.1 Å². The van der Waals surface area contributed by atoms with E-state index in [-0.39, 0.29) is 12.6 Å². The maximum absolute atomic E-state index is 12.6. The number of aryl methyl sites for hydroxylation is 1. The van der Waals surface area contributed by atoms with E-state index >= 15 is 0 Å². The van der Waals surface area contributed by atoms with Crippen molar-refractivity contribution in [2.24, 2.45) is 5.28 Å². The summed E-state index contributed by atoms with van der Waals surface area (Å²) in [7, 11) is 0. The molecule has 7 heteroatoms. The summed E-state index contributed by atoms with van der Waals surface area (Å²) in [5.74, 6) is 0.995. The van der Waals surface area contributed by atoms with Crippen molar-refractivity contribution in [3.05, 3.63) is 59.7 Å². The van der Waals surface area contributed by atoms with Crippen LogP contribution in [-0.4, -0.2) is 34.7 Å². The van der Waals surface area contributed by atoms with E-state index in [0.717, 1.165) is 11.1 Å². The van der Waals surface area contributed by atoms with Gasteiger partial charge in [-0.15, -0.1) is 0 Å². The van der Waals surface area contributed by atoms with Crippen molar-refractivity contribution in [1.82, 2.24) is 0 Å². The Balaban J connectivity index is 1.54. The topological polar surface area (TPSA) is 80.4 Å². The first-order valence-corrected chi connectivity index (χ1v) is 8.14. The minimum atomic E-state index is -1.33. The molecule has 0 aromatic heterocycles. The van der Waals surface area contributed by atoms with E-state index in [0.29, 0.717) is 17.2 Å². The fourth-order valence-corrected chi connectivity index (χ4v) is 2.79. The second-order valence-corrected chi connectivity index (χ2v) is 6.05. The molecule has 0 radical (unpaired) electrons. The lowest BCUT2D eigenvalue weighted by molar-refractivity contribution is -0.532. The van der Waals surface area contributed by atoms with Crippen molar-refractivity contribution >= 4 is 17.5 Å². The van der Waals surface area contributed by atoms with Crippen molar-refractivity contribution in [2.75, 3.05) is 6.79 Å². The number of ether oxygens (including phenoxy) is 2. The third-order valence-corrected chi connectivity index (χ3v) is 4.20. The molecule has 2 aromatic rings. The first-order chi connectivity index (χ1) is 12.6. The summed E-state index contributed by atoms with van der Waals surface area (Å²) in [6, 6.07) is 11.9. The fraction of sp³-hybridized carbons (Fsp3) is 0.211. The van der Waals surface area contributed by atoms with Crippen molar-refractivity contribution in [2.45, 2.75) is 19.3 Å². The zero-order valence-electron chi connectivity index (χ0n) is 14.0. The van der Waals surface area contributed by atoms with Gasteiger partial charge in [0.2, 0.25) is 18.3 Å². The number of carbonyl (C=O) groups is 1. The highest BCUT2D eigenvalue weighted by Crippen LogP contribution is 2.33. The molecule has 0 bridgehead atoms. The van der Waals surface area contributed by atoms with Gasteiger partial charge in [0.15, 0.2) is 16.8 Å². The van der Waals surface area contributed by atoms with E-state index in [4.69, 9.17) is 14.3 Å². The normalized spacial score (nSPS) is 20.9. The lowest BCUT2D eigenvalue weighted by Gasteiger charge is -2.05. The summed E-state index contributed by atoms with van der Waals surface area (Å²) < 4.78 is 12.0. The first-order valence-electron chi connectivity index (χ1n) is 8.14. The van der Waals surface area contributed by atoms with Crippen LogP contribution in [0.3, 0.4) is 0 Å². The molecule has 7 nitrogen and oxygen atoms in total. The molecule has 4 rings (SSSR count). The predicted octanol–water partition coefficient (Wildman–Crippen LogP) is 2.73. The minimum absolute atomic E-state index is 0.194. The Morgan fingerprint density at radius 3 is 2.77 bits per heavy atom. The highest BCUT2D eigenvalue weighted by Gasteiger charge is 2.46. The van der Waals surface area contributed by atoms with Crippen molar-refractivity contribution in [1.29, 1.82) is 0 Å². The van der Waals surface area contributed by atoms with Gasteiger partial charge in [0.1, 0.15) is 0 Å². The number of aliphatic hydroxyl groups is 1. The second-order valence-electron chi connectivity index (χ2n) is 6.05. The average Bonchev–Trinajstić information content (AvgIpc) is 3.26. The molecule has 0 fully saturated rings. The van der Waals surface area contributed by atoms with E-state index in [9.17, 15) is 9.90 Å². The number of hydrogen-bond donors (Lipinski definition) is 1. The summed E-state index contributed by atoms with van der Waals surface area (Å²) in [6.07, 6.45) is 1.73. The monoisotopic (exact) mass is 353 g/mol. The van der Waals surface area contributed by atoms with E-state index < -0.39 is 12.3 Å². The number of aliphatic hydroxyl groups excluding tert-OH is 1. The van der Waals surface area contributed by atoms with Crippen LogP contribution in [0.4, 0.5) is 5.69 Å². The smallest absolute Gasteiger partial charge is 0.312 e. The summed E-state index contributed by atoms with van der Waals surface area (Å²) in [6.45, 7) is 2.16. The Hall–Kier alpha value is -3.19. The molecule has 0 saturated carbocycles. The van der Waals surface area contributed by atoms with Gasteiger partial charge in [-0.3, -0.25) is 4.79 Å². The third-order valence-electron chi connectivity index (χ3n) is 4.20. The third kappa shape index (κ3) is 3.04. The van der Waals surface area contributed by atoms with Gasteiger partial charge in [-0.25, -0.2) is 0 Å². The fourth-order valence-electron chi connectivity index (χ4n) is 2.79. The SMILES string of the molecule is Cc1ccc([N+]2=NOC(O)C2C(=O)/C=C/c2ccc3c(c2)OCO3)cc1. The minimum Gasteiger partial charge on any atom is -0.454 e. The van der Waals surface area contributed by atoms with Crippen LogP contribution in [0.2, 0.25) is 0 Å². The van der Waals surface area contributed by atoms with Crippen LogP contribution in [0.15, 0.2) is 53.8 Å². The number of hydrogen-bond acceptors (Lipinski definition) is 6. The van der Waals surface area contributed by atoms with Crippen LogP contribution in [0.5, 0.6) is 11.5 Å². The molecule has 2 aliphatic rings. The van der Waals surface area contributed by atoms with Gasteiger partial charge in [0.05, 0.1) is 0 Å². The molecule has 2 unspecified atom stereocenters. The zero-order valence-corrected chi connectivity index (χ0v) is 14.0. The average molecular weight is 353 g/mol. The molecule has 132 valence electrons. The van der Waals surface area contributed by atoms with Crippen molar-refractivity contribution in [3.63, 3.8) is 0 Å². The quantitative estimate of drug-likeness (QED) is 0.675. The lowest BCUT2D eigenvalue weighted by atomic mass is 10.1. The highest BCUT2D eigenvalue weighted by molar-refractivity contribution is 5.97. The highest BCUT2D eigenvalue weighted by atomic mass is 16.7. The number of ketones is 1. The summed E-state index contributed by atoms with van der Waals surface area (Å²) in [4.78, 5) is 17.5. The summed E-state index contributed by atoms with van der Waals surface area (Å²) in [5, 5.41) is 13.8. The molecular weight excluding hydrogens is 336 g/mol. The van der Waals surface area contributed by atoms with E-state index in [2.05, 4.69) is 5.28 Å².